The van der Waals surface area contributed by atoms with Crippen LogP contribution in [0.2, 0.25) is 0 Å². The van der Waals surface area contributed by atoms with Gasteiger partial charge in [0, 0.05) is 6.07 Å². The Morgan fingerprint density at radius 3 is 2.64 bits per heavy atom. The van der Waals surface area contributed by atoms with Crippen molar-refractivity contribution in [3.63, 3.8) is 0 Å². The molecule has 0 saturated heterocycles. The first-order chi connectivity index (χ1) is 11.9. The fourth-order valence-corrected chi connectivity index (χ4v) is 2.70. The number of fused-ring (bicyclic) bond motifs is 1. The van der Waals surface area contributed by atoms with Crippen molar-refractivity contribution in [2.75, 3.05) is 7.11 Å². The molecule has 0 unspecified atom stereocenters. The Hall–Kier alpha value is -3.01. The predicted molar refractivity (Wildman–Crippen MR) is 98.2 cm³/mol. The number of hydrogen-bond acceptors (Lipinski definition) is 4. The van der Waals surface area contributed by atoms with E-state index in [1.54, 1.807) is 18.2 Å². The number of allylic oxidation sites excluding steroid dienone is 1. The largest absolute Gasteiger partial charge is 0.506 e. The van der Waals surface area contributed by atoms with E-state index in [0.717, 1.165) is 5.56 Å². The molecular formula is C21H20O4. The lowest BCUT2D eigenvalue weighted by molar-refractivity contribution is 0.104. The van der Waals surface area contributed by atoms with Crippen LogP contribution < -0.4 is 9.47 Å². The lowest BCUT2D eigenvalue weighted by atomic mass is 9.97. The molecule has 0 spiro atoms. The molecule has 0 aromatic heterocycles. The van der Waals surface area contributed by atoms with Crippen LogP contribution >= 0.6 is 0 Å². The molecule has 1 N–H and O–H groups in total. The lowest BCUT2D eigenvalue weighted by Gasteiger charge is -2.29. The van der Waals surface area contributed by atoms with Gasteiger partial charge < -0.3 is 14.6 Å². The van der Waals surface area contributed by atoms with Crippen LogP contribution in [-0.4, -0.2) is 23.6 Å². The summed E-state index contributed by atoms with van der Waals surface area (Å²) in [6, 6.07) is 11.1. The predicted octanol–water partition coefficient (Wildman–Crippen LogP) is 4.48. The van der Waals surface area contributed by atoms with Gasteiger partial charge in [-0.1, -0.05) is 36.4 Å². The molecule has 3 rings (SSSR count). The Labute approximate surface area is 147 Å². The molecule has 1 heterocycles. The molecule has 25 heavy (non-hydrogen) atoms. The van der Waals surface area contributed by atoms with E-state index < -0.39 is 5.60 Å². The smallest absolute Gasteiger partial charge is 0.193 e. The number of carbonyl (C=O) groups is 1. The van der Waals surface area contributed by atoms with Crippen molar-refractivity contribution in [1.29, 1.82) is 0 Å². The standard InChI is InChI=1S/C21H20O4/c1-21(2)12-11-15-17(25-21)13-18(24-3)19(20(15)23)16(22)10-9-14-7-5-4-6-8-14/h4-13,23H,1-3H3. The SMILES string of the molecule is COc1cc2c(c(O)c1C(=O)C=Cc1ccccc1)C=CC(C)(C)O2. The molecule has 1 aliphatic heterocycles. The fourth-order valence-electron chi connectivity index (χ4n) is 2.70. The number of hydrogen-bond donors (Lipinski definition) is 1. The highest BCUT2D eigenvalue weighted by molar-refractivity contribution is 6.11. The minimum Gasteiger partial charge on any atom is -0.506 e. The quantitative estimate of drug-likeness (QED) is 0.660. The first kappa shape index (κ1) is 16.8. The number of methoxy groups -OCH3 is 1. The van der Waals surface area contributed by atoms with Crippen LogP contribution in [0.25, 0.3) is 12.2 Å². The van der Waals surface area contributed by atoms with E-state index in [-0.39, 0.29) is 22.8 Å². The number of phenolic OH excluding ortho intramolecular Hbond substituents is 1. The molecule has 4 nitrogen and oxygen atoms in total. The van der Waals surface area contributed by atoms with E-state index in [0.29, 0.717) is 11.3 Å². The van der Waals surface area contributed by atoms with Crippen molar-refractivity contribution in [1.82, 2.24) is 0 Å². The van der Waals surface area contributed by atoms with Crippen molar-refractivity contribution in [3.05, 3.63) is 65.2 Å². The highest BCUT2D eigenvalue weighted by Gasteiger charge is 2.28. The number of ketones is 1. The number of ether oxygens (including phenoxy) is 2. The van der Waals surface area contributed by atoms with E-state index >= 15 is 0 Å². The maximum absolute atomic E-state index is 12.6. The number of carbonyl (C=O) groups excluding carboxylic acids is 1. The van der Waals surface area contributed by atoms with Gasteiger partial charge in [-0.15, -0.1) is 0 Å². The maximum atomic E-state index is 12.6. The summed E-state index contributed by atoms with van der Waals surface area (Å²) in [5, 5.41) is 10.6. The van der Waals surface area contributed by atoms with Crippen LogP contribution in [0.5, 0.6) is 17.2 Å². The molecule has 0 aliphatic carbocycles. The lowest BCUT2D eigenvalue weighted by Crippen LogP contribution is -2.27. The zero-order chi connectivity index (χ0) is 18.0. The molecule has 0 bridgehead atoms. The second-order valence-corrected chi connectivity index (χ2v) is 6.36. The summed E-state index contributed by atoms with van der Waals surface area (Å²) in [4.78, 5) is 12.6. The van der Waals surface area contributed by atoms with Gasteiger partial charge in [0.25, 0.3) is 0 Å². The molecule has 4 heteroatoms. The molecule has 0 fully saturated rings. The second kappa shape index (κ2) is 6.48. The zero-order valence-corrected chi connectivity index (χ0v) is 14.4. The van der Waals surface area contributed by atoms with Gasteiger partial charge in [-0.2, -0.15) is 0 Å². The van der Waals surface area contributed by atoms with Gasteiger partial charge in [-0.25, -0.2) is 0 Å². The Bertz CT molecular complexity index is 861. The summed E-state index contributed by atoms with van der Waals surface area (Å²) in [6.45, 7) is 3.83. The topological polar surface area (TPSA) is 55.8 Å². The van der Waals surface area contributed by atoms with Gasteiger partial charge in [-0.3, -0.25) is 4.79 Å². The van der Waals surface area contributed by atoms with Gasteiger partial charge in [-0.05, 0) is 37.6 Å². The van der Waals surface area contributed by atoms with Gasteiger partial charge in [0.15, 0.2) is 5.78 Å². The number of benzene rings is 2. The van der Waals surface area contributed by atoms with Crippen LogP contribution in [0.4, 0.5) is 0 Å². The summed E-state index contributed by atoms with van der Waals surface area (Å²) < 4.78 is 11.2. The van der Waals surface area contributed by atoms with Crippen LogP contribution in [0.15, 0.2) is 48.6 Å². The Morgan fingerprint density at radius 1 is 1.24 bits per heavy atom. The van der Waals surface area contributed by atoms with E-state index in [1.807, 2.05) is 50.3 Å². The van der Waals surface area contributed by atoms with Crippen LogP contribution in [0.1, 0.15) is 35.3 Å². The second-order valence-electron chi connectivity index (χ2n) is 6.36. The van der Waals surface area contributed by atoms with Crippen molar-refractivity contribution in [2.45, 2.75) is 19.4 Å². The van der Waals surface area contributed by atoms with E-state index in [1.165, 1.54) is 13.2 Å². The highest BCUT2D eigenvalue weighted by Crippen LogP contribution is 2.43. The average Bonchev–Trinajstić information content (AvgIpc) is 2.59. The van der Waals surface area contributed by atoms with Gasteiger partial charge >= 0.3 is 0 Å². The van der Waals surface area contributed by atoms with Crippen molar-refractivity contribution >= 4 is 17.9 Å². The third-order valence-corrected chi connectivity index (χ3v) is 3.98. The maximum Gasteiger partial charge on any atom is 0.193 e. The summed E-state index contributed by atoms with van der Waals surface area (Å²) in [6.07, 6.45) is 6.74. The van der Waals surface area contributed by atoms with E-state index in [2.05, 4.69) is 0 Å². The monoisotopic (exact) mass is 336 g/mol. The summed E-state index contributed by atoms with van der Waals surface area (Å²) in [7, 11) is 1.46. The minimum atomic E-state index is -0.483. The Balaban J connectivity index is 2.01. The molecule has 2 aromatic carbocycles. The Morgan fingerprint density at radius 2 is 1.96 bits per heavy atom. The molecular weight excluding hydrogens is 316 g/mol. The molecule has 0 saturated carbocycles. The fraction of sp³-hybridized carbons (Fsp3) is 0.190. The van der Waals surface area contributed by atoms with Crippen LogP contribution in [0.3, 0.4) is 0 Å². The van der Waals surface area contributed by atoms with Gasteiger partial charge in [0.05, 0.1) is 12.7 Å². The van der Waals surface area contributed by atoms with Gasteiger partial charge in [0.2, 0.25) is 0 Å². The third kappa shape index (κ3) is 3.43. The molecule has 0 radical (unpaired) electrons. The molecule has 0 amide bonds. The number of rotatable bonds is 4. The van der Waals surface area contributed by atoms with Crippen molar-refractivity contribution in [2.24, 2.45) is 0 Å². The minimum absolute atomic E-state index is 0.126. The normalized spacial score (nSPS) is 14.8. The first-order valence-corrected chi connectivity index (χ1v) is 8.01. The summed E-state index contributed by atoms with van der Waals surface area (Å²) in [5.74, 6) is 0.304. The van der Waals surface area contributed by atoms with Crippen molar-refractivity contribution in [3.8, 4) is 17.2 Å². The van der Waals surface area contributed by atoms with E-state index in [4.69, 9.17) is 9.47 Å². The molecule has 2 aromatic rings. The summed E-state index contributed by atoms with van der Waals surface area (Å²) in [5.41, 5.74) is 1.03. The first-order valence-electron chi connectivity index (χ1n) is 8.01. The summed E-state index contributed by atoms with van der Waals surface area (Å²) >= 11 is 0. The highest BCUT2D eigenvalue weighted by atomic mass is 16.5. The van der Waals surface area contributed by atoms with Crippen LogP contribution in [0, 0.1) is 0 Å². The number of aromatic hydroxyl groups is 1. The third-order valence-electron chi connectivity index (χ3n) is 3.98. The van der Waals surface area contributed by atoms with Gasteiger partial charge in [0.1, 0.15) is 28.4 Å². The average molecular weight is 336 g/mol. The zero-order valence-electron chi connectivity index (χ0n) is 14.4. The molecule has 0 atom stereocenters. The van der Waals surface area contributed by atoms with Crippen molar-refractivity contribution < 1.29 is 19.4 Å². The number of phenols is 1. The van der Waals surface area contributed by atoms with Crippen LogP contribution in [-0.2, 0) is 0 Å². The molecule has 128 valence electrons. The van der Waals surface area contributed by atoms with E-state index in [9.17, 15) is 9.90 Å². The molecule has 1 aliphatic rings. The Kier molecular flexibility index (Phi) is 4.36.